The van der Waals surface area contributed by atoms with Crippen molar-refractivity contribution in [2.75, 3.05) is 25.0 Å². The highest BCUT2D eigenvalue weighted by atomic mass is 127. The van der Waals surface area contributed by atoms with Gasteiger partial charge in [-0.15, -0.1) is 35.3 Å². The van der Waals surface area contributed by atoms with E-state index in [9.17, 15) is 0 Å². The largest absolute Gasteiger partial charge is 0.352 e. The normalized spacial score (nSPS) is 17.5. The maximum Gasteiger partial charge on any atom is 0.225 e. The maximum atomic E-state index is 4.44. The van der Waals surface area contributed by atoms with Gasteiger partial charge in [0.25, 0.3) is 0 Å². The van der Waals surface area contributed by atoms with E-state index in [1.54, 1.807) is 30.8 Å². The number of aliphatic imine (C=N–C) groups is 1. The van der Waals surface area contributed by atoms with Crippen LogP contribution in [0.15, 0.2) is 29.6 Å². The number of nitrogens with one attached hydrogen (secondary N) is 2. The highest BCUT2D eigenvalue weighted by molar-refractivity contribution is 14.0. The summed E-state index contributed by atoms with van der Waals surface area (Å²) in [5, 5.41) is 7.96. The summed E-state index contributed by atoms with van der Waals surface area (Å²) in [5.41, 5.74) is 0. The number of guanidine groups is 1. The second-order valence-electron chi connectivity index (χ2n) is 5.98. The fourth-order valence-corrected chi connectivity index (χ4v) is 3.67. The van der Waals surface area contributed by atoms with E-state index in [2.05, 4.69) is 42.4 Å². The number of hydrogen-bond donors (Lipinski definition) is 2. The van der Waals surface area contributed by atoms with Crippen LogP contribution >= 0.6 is 35.3 Å². The van der Waals surface area contributed by atoms with Crippen molar-refractivity contribution in [2.24, 2.45) is 4.99 Å². The van der Waals surface area contributed by atoms with Crippen molar-refractivity contribution in [1.29, 1.82) is 0 Å². The Hall–Kier alpha value is -1.49. The minimum absolute atomic E-state index is 0. The lowest BCUT2D eigenvalue weighted by Gasteiger charge is -2.33. The predicted molar refractivity (Wildman–Crippen MR) is 118 cm³/mol. The highest BCUT2D eigenvalue weighted by Gasteiger charge is 2.22. The van der Waals surface area contributed by atoms with Gasteiger partial charge in [0.05, 0.1) is 6.54 Å². The topological polar surface area (TPSA) is 78.3 Å². The molecule has 1 saturated heterocycles. The Labute approximate surface area is 175 Å². The number of thiazole rings is 1. The molecule has 0 spiro atoms. The van der Waals surface area contributed by atoms with Crippen molar-refractivity contribution in [3.8, 4) is 0 Å². The van der Waals surface area contributed by atoms with Crippen molar-refractivity contribution in [3.63, 3.8) is 0 Å². The molecule has 1 aliphatic rings. The molecule has 0 saturated carbocycles. The molecule has 7 nitrogen and oxygen atoms in total. The molecular weight excluding hydrogens is 461 g/mol. The minimum Gasteiger partial charge on any atom is -0.352 e. The summed E-state index contributed by atoms with van der Waals surface area (Å²) in [6, 6.07) is 2.17. The molecule has 1 aliphatic heterocycles. The molecule has 142 valence electrons. The summed E-state index contributed by atoms with van der Waals surface area (Å²) in [6.07, 6.45) is 8.79. The molecular formula is C17H26IN7S. The molecule has 1 atom stereocenters. The molecule has 9 heteroatoms. The molecule has 0 amide bonds. The van der Waals surface area contributed by atoms with Crippen molar-refractivity contribution in [3.05, 3.63) is 34.5 Å². The Bertz CT molecular complexity index is 691. The predicted octanol–water partition coefficient (Wildman–Crippen LogP) is 2.45. The van der Waals surface area contributed by atoms with E-state index in [0.29, 0.717) is 12.6 Å². The molecule has 2 N–H and O–H groups in total. The zero-order valence-electron chi connectivity index (χ0n) is 15.2. The Kier molecular flexibility index (Phi) is 8.49. The van der Waals surface area contributed by atoms with E-state index in [4.69, 9.17) is 0 Å². The molecule has 0 bridgehead atoms. The third-order valence-corrected chi connectivity index (χ3v) is 5.32. The van der Waals surface area contributed by atoms with Crippen LogP contribution in [0.3, 0.4) is 0 Å². The average molecular weight is 487 g/mol. The number of piperidine rings is 1. The summed E-state index contributed by atoms with van der Waals surface area (Å²) < 4.78 is 0. The van der Waals surface area contributed by atoms with Gasteiger partial charge in [0.15, 0.2) is 5.96 Å². The van der Waals surface area contributed by atoms with Gasteiger partial charge < -0.3 is 15.5 Å². The lowest BCUT2D eigenvalue weighted by atomic mass is 10.1. The van der Waals surface area contributed by atoms with Crippen molar-refractivity contribution in [2.45, 2.75) is 38.8 Å². The summed E-state index contributed by atoms with van der Waals surface area (Å²) in [4.78, 5) is 21.0. The number of hydrogen-bond acceptors (Lipinski definition) is 6. The number of aromatic nitrogens is 3. The standard InChI is InChI=1S/C17H25N7S.HI/c1-3-14-10-21-15(25-14)11-22-16(18-2)23-13-6-4-9-24(12-13)17-19-7-5-8-20-17;/h5,7-8,10,13H,3-4,6,9,11-12H2,1-2H3,(H2,18,22,23);1H. The Morgan fingerprint density at radius 3 is 2.85 bits per heavy atom. The van der Waals surface area contributed by atoms with Gasteiger partial charge in [0, 0.05) is 49.6 Å². The third kappa shape index (κ3) is 5.76. The van der Waals surface area contributed by atoms with Crippen LogP contribution in [0, 0.1) is 0 Å². The first-order valence-corrected chi connectivity index (χ1v) is 9.53. The number of halogens is 1. The van der Waals surface area contributed by atoms with Gasteiger partial charge in [-0.1, -0.05) is 6.92 Å². The molecule has 2 aromatic rings. The van der Waals surface area contributed by atoms with Crippen LogP contribution in [0.25, 0.3) is 0 Å². The summed E-state index contributed by atoms with van der Waals surface area (Å²) >= 11 is 1.75. The number of nitrogens with zero attached hydrogens (tertiary/aromatic N) is 5. The lowest BCUT2D eigenvalue weighted by Crippen LogP contribution is -2.51. The van der Waals surface area contributed by atoms with Crippen LogP contribution in [0.4, 0.5) is 5.95 Å². The first-order valence-electron chi connectivity index (χ1n) is 8.71. The van der Waals surface area contributed by atoms with Gasteiger partial charge in [-0.3, -0.25) is 4.99 Å². The van der Waals surface area contributed by atoms with Crippen LogP contribution in [0.5, 0.6) is 0 Å². The van der Waals surface area contributed by atoms with Gasteiger partial charge in [-0.25, -0.2) is 15.0 Å². The van der Waals surface area contributed by atoms with Crippen molar-refractivity contribution >= 4 is 47.2 Å². The van der Waals surface area contributed by atoms with Gasteiger partial charge >= 0.3 is 0 Å². The zero-order chi connectivity index (χ0) is 17.5. The molecule has 0 aromatic carbocycles. The fraction of sp³-hybridized carbons (Fsp3) is 0.529. The molecule has 0 aliphatic carbocycles. The zero-order valence-corrected chi connectivity index (χ0v) is 18.3. The van der Waals surface area contributed by atoms with E-state index in [1.807, 2.05) is 12.3 Å². The second-order valence-corrected chi connectivity index (χ2v) is 7.18. The Morgan fingerprint density at radius 1 is 1.35 bits per heavy atom. The van der Waals surface area contributed by atoms with Crippen LogP contribution in [0.2, 0.25) is 0 Å². The highest BCUT2D eigenvalue weighted by Crippen LogP contribution is 2.15. The summed E-state index contributed by atoms with van der Waals surface area (Å²) in [6.45, 7) is 4.72. The van der Waals surface area contributed by atoms with Crippen molar-refractivity contribution < 1.29 is 0 Å². The summed E-state index contributed by atoms with van der Waals surface area (Å²) in [5.74, 6) is 1.61. The molecule has 1 unspecified atom stereocenters. The van der Waals surface area contributed by atoms with Crippen LogP contribution in [-0.2, 0) is 13.0 Å². The van der Waals surface area contributed by atoms with Gasteiger partial charge in [0.1, 0.15) is 5.01 Å². The molecule has 2 aromatic heterocycles. The molecule has 0 radical (unpaired) electrons. The van der Waals surface area contributed by atoms with Crippen LogP contribution < -0.4 is 15.5 Å². The molecule has 3 heterocycles. The van der Waals surface area contributed by atoms with Gasteiger partial charge in [-0.2, -0.15) is 0 Å². The lowest BCUT2D eigenvalue weighted by molar-refractivity contribution is 0.463. The Morgan fingerprint density at radius 2 is 2.15 bits per heavy atom. The SMILES string of the molecule is CCc1cnc(CNC(=NC)NC2CCCN(c3ncccn3)C2)s1.I. The monoisotopic (exact) mass is 487 g/mol. The smallest absolute Gasteiger partial charge is 0.225 e. The second kappa shape index (κ2) is 10.6. The molecule has 26 heavy (non-hydrogen) atoms. The van der Waals surface area contributed by atoms with Gasteiger partial charge in [0.2, 0.25) is 5.95 Å². The fourth-order valence-electron chi connectivity index (χ4n) is 2.87. The van der Waals surface area contributed by atoms with E-state index in [-0.39, 0.29) is 24.0 Å². The molecule has 3 rings (SSSR count). The van der Waals surface area contributed by atoms with Crippen LogP contribution in [-0.4, -0.2) is 47.1 Å². The Balaban J connectivity index is 0.00000243. The first kappa shape index (κ1) is 20.8. The number of anilines is 1. The number of aryl methyl sites for hydroxylation is 1. The molecule has 1 fully saturated rings. The van der Waals surface area contributed by atoms with Crippen molar-refractivity contribution in [1.82, 2.24) is 25.6 Å². The van der Waals surface area contributed by atoms with E-state index < -0.39 is 0 Å². The third-order valence-electron chi connectivity index (χ3n) is 4.18. The first-order chi connectivity index (χ1) is 12.3. The summed E-state index contributed by atoms with van der Waals surface area (Å²) in [7, 11) is 1.80. The number of rotatable bonds is 5. The van der Waals surface area contributed by atoms with Crippen LogP contribution in [0.1, 0.15) is 29.7 Å². The minimum atomic E-state index is 0. The quantitative estimate of drug-likeness (QED) is 0.384. The van der Waals surface area contributed by atoms with E-state index in [1.165, 1.54) is 4.88 Å². The maximum absolute atomic E-state index is 4.44. The van der Waals surface area contributed by atoms with E-state index >= 15 is 0 Å². The average Bonchev–Trinajstić information content (AvgIpc) is 3.14. The van der Waals surface area contributed by atoms with Gasteiger partial charge in [-0.05, 0) is 25.3 Å². The van der Waals surface area contributed by atoms with E-state index in [0.717, 1.165) is 49.3 Å².